The minimum Gasteiger partial charge on any atom is -0.320 e. The zero-order valence-corrected chi connectivity index (χ0v) is 16.5. The van der Waals surface area contributed by atoms with E-state index in [1.54, 1.807) is 24.0 Å². The van der Waals surface area contributed by atoms with Gasteiger partial charge in [-0.05, 0) is 60.1 Å². The summed E-state index contributed by atoms with van der Waals surface area (Å²) in [4.78, 5) is 17.3. The third-order valence-electron chi connectivity index (χ3n) is 5.88. The Bertz CT molecular complexity index is 1210. The average Bonchev–Trinajstić information content (AvgIpc) is 3.43. The first kappa shape index (κ1) is 17.6. The molecule has 0 spiro atoms. The lowest BCUT2D eigenvalue weighted by atomic mass is 10.0. The number of carbonyl (C=O) groups is 1. The second kappa shape index (κ2) is 6.85. The highest BCUT2D eigenvalue weighted by Gasteiger charge is 2.39. The lowest BCUT2D eigenvalue weighted by Gasteiger charge is -2.11. The Hall–Kier alpha value is -3.47. The van der Waals surface area contributed by atoms with Crippen molar-refractivity contribution in [2.45, 2.75) is 25.2 Å². The molecule has 0 radical (unpaired) electrons. The fourth-order valence-electron chi connectivity index (χ4n) is 4.12. The van der Waals surface area contributed by atoms with Crippen molar-refractivity contribution in [3.8, 4) is 0 Å². The molecule has 2 aromatic heterocycles. The molecule has 0 bridgehead atoms. The van der Waals surface area contributed by atoms with Gasteiger partial charge in [0.15, 0.2) is 0 Å². The first-order chi connectivity index (χ1) is 14.1. The van der Waals surface area contributed by atoms with Crippen LogP contribution in [0.5, 0.6) is 0 Å². The van der Waals surface area contributed by atoms with Crippen molar-refractivity contribution < 1.29 is 4.79 Å². The lowest BCUT2D eigenvalue weighted by molar-refractivity contribution is 0.101. The monoisotopic (exact) mass is 382 g/mol. The van der Waals surface area contributed by atoms with E-state index in [0.717, 1.165) is 22.2 Å². The van der Waals surface area contributed by atoms with Gasteiger partial charge in [0, 0.05) is 30.5 Å². The quantitative estimate of drug-likeness (QED) is 0.551. The van der Waals surface area contributed by atoms with Crippen molar-refractivity contribution in [2.24, 2.45) is 7.05 Å². The molecule has 1 N–H and O–H groups in total. The summed E-state index contributed by atoms with van der Waals surface area (Å²) in [5.41, 5.74) is 5.89. The molecule has 2 aromatic carbocycles. The van der Waals surface area contributed by atoms with Crippen LogP contribution < -0.4 is 5.32 Å². The number of aromatic nitrogens is 3. The van der Waals surface area contributed by atoms with Crippen molar-refractivity contribution in [1.82, 2.24) is 14.8 Å². The molecule has 5 nitrogen and oxygen atoms in total. The Balaban J connectivity index is 1.40. The van der Waals surface area contributed by atoms with Crippen LogP contribution in [0, 0.1) is 6.92 Å². The summed E-state index contributed by atoms with van der Waals surface area (Å²) in [6.45, 7) is 2.00. The number of rotatable bonds is 4. The minimum atomic E-state index is -0.173. The van der Waals surface area contributed by atoms with Crippen LogP contribution in [0.2, 0.25) is 0 Å². The largest absolute Gasteiger partial charge is 0.320 e. The molecule has 2 heterocycles. The zero-order chi connectivity index (χ0) is 20.0. The van der Waals surface area contributed by atoms with Gasteiger partial charge in [-0.2, -0.15) is 5.10 Å². The highest BCUT2D eigenvalue weighted by Crippen LogP contribution is 2.54. The van der Waals surface area contributed by atoms with E-state index in [1.807, 2.05) is 25.3 Å². The second-order valence-electron chi connectivity index (χ2n) is 7.73. The smallest absolute Gasteiger partial charge is 0.273 e. The number of amides is 1. The van der Waals surface area contributed by atoms with Crippen molar-refractivity contribution in [3.63, 3.8) is 0 Å². The Morgan fingerprint density at radius 3 is 2.62 bits per heavy atom. The van der Waals surface area contributed by atoms with E-state index in [2.05, 4.69) is 46.8 Å². The van der Waals surface area contributed by atoms with E-state index >= 15 is 0 Å². The summed E-state index contributed by atoms with van der Waals surface area (Å²) in [7, 11) is 1.76. The lowest BCUT2D eigenvalue weighted by Crippen LogP contribution is -2.16. The van der Waals surface area contributed by atoms with Crippen LogP contribution in [0.3, 0.4) is 0 Å². The van der Waals surface area contributed by atoms with Gasteiger partial charge in [0.2, 0.25) is 0 Å². The van der Waals surface area contributed by atoms with Gasteiger partial charge < -0.3 is 5.32 Å². The molecule has 1 saturated carbocycles. The van der Waals surface area contributed by atoms with E-state index in [-0.39, 0.29) is 5.91 Å². The fraction of sp³-hybridized carbons (Fsp3) is 0.208. The van der Waals surface area contributed by atoms with Crippen molar-refractivity contribution >= 4 is 22.5 Å². The predicted octanol–water partition coefficient (Wildman–Crippen LogP) is 4.80. The summed E-state index contributed by atoms with van der Waals surface area (Å²) in [5, 5.41) is 8.15. The summed E-state index contributed by atoms with van der Waals surface area (Å²) in [5.74, 6) is 0.959. The van der Waals surface area contributed by atoms with Crippen LogP contribution in [0.4, 0.5) is 5.69 Å². The molecule has 5 rings (SSSR count). The Kier molecular flexibility index (Phi) is 4.16. The number of nitrogens with zero attached hydrogens (tertiary/aromatic N) is 3. The van der Waals surface area contributed by atoms with Gasteiger partial charge in [-0.3, -0.25) is 14.5 Å². The van der Waals surface area contributed by atoms with Crippen LogP contribution in [0.25, 0.3) is 10.9 Å². The second-order valence-corrected chi connectivity index (χ2v) is 7.73. The normalized spacial score (nSPS) is 18.0. The van der Waals surface area contributed by atoms with Gasteiger partial charge in [0.1, 0.15) is 5.69 Å². The third kappa shape index (κ3) is 3.18. The molecular formula is C24H22N4O. The van der Waals surface area contributed by atoms with Gasteiger partial charge in [-0.25, -0.2) is 0 Å². The van der Waals surface area contributed by atoms with E-state index in [0.29, 0.717) is 17.5 Å². The topological polar surface area (TPSA) is 59.8 Å². The summed E-state index contributed by atoms with van der Waals surface area (Å²) in [6, 6.07) is 18.6. The van der Waals surface area contributed by atoms with Crippen LogP contribution in [-0.2, 0) is 7.05 Å². The molecule has 1 aliphatic carbocycles. The van der Waals surface area contributed by atoms with Crippen LogP contribution >= 0.6 is 0 Å². The van der Waals surface area contributed by atoms with Crippen molar-refractivity contribution in [1.29, 1.82) is 0 Å². The van der Waals surface area contributed by atoms with E-state index in [9.17, 15) is 4.79 Å². The molecule has 1 amide bonds. The number of hydrogen-bond donors (Lipinski definition) is 1. The molecular weight excluding hydrogens is 360 g/mol. The number of anilines is 1. The maximum atomic E-state index is 12.5. The number of aryl methyl sites for hydroxylation is 2. The molecule has 1 fully saturated rings. The first-order valence-electron chi connectivity index (χ1n) is 9.85. The van der Waals surface area contributed by atoms with Crippen LogP contribution in [0.1, 0.15) is 45.4 Å². The average molecular weight is 382 g/mol. The Morgan fingerprint density at radius 1 is 1.07 bits per heavy atom. The number of benzene rings is 2. The van der Waals surface area contributed by atoms with Crippen LogP contribution in [-0.4, -0.2) is 20.7 Å². The maximum Gasteiger partial charge on any atom is 0.273 e. The SMILES string of the molecule is Cc1c(NC(=O)c2ccnn2C)ccc2cc(C3CC3c3ccccc3)cnc12. The maximum absolute atomic E-state index is 12.5. The molecule has 29 heavy (non-hydrogen) atoms. The highest BCUT2D eigenvalue weighted by molar-refractivity contribution is 6.04. The number of fused-ring (bicyclic) bond motifs is 1. The Morgan fingerprint density at radius 2 is 1.86 bits per heavy atom. The van der Waals surface area contributed by atoms with Gasteiger partial charge in [0.25, 0.3) is 5.91 Å². The van der Waals surface area contributed by atoms with E-state index in [4.69, 9.17) is 4.98 Å². The molecule has 2 atom stereocenters. The molecule has 5 heteroatoms. The number of nitrogens with one attached hydrogen (secondary N) is 1. The summed E-state index contributed by atoms with van der Waals surface area (Å²) in [6.07, 6.45) is 4.79. The minimum absolute atomic E-state index is 0.173. The van der Waals surface area contributed by atoms with Crippen molar-refractivity contribution in [2.75, 3.05) is 5.32 Å². The van der Waals surface area contributed by atoms with E-state index in [1.165, 1.54) is 17.5 Å². The molecule has 2 unspecified atom stereocenters. The zero-order valence-electron chi connectivity index (χ0n) is 16.5. The highest BCUT2D eigenvalue weighted by atomic mass is 16.2. The molecule has 1 aliphatic rings. The van der Waals surface area contributed by atoms with Gasteiger partial charge in [-0.1, -0.05) is 36.4 Å². The van der Waals surface area contributed by atoms with Crippen molar-refractivity contribution in [3.05, 3.63) is 89.4 Å². The standard InChI is InChI=1S/C24H22N4O/c1-15-21(27-24(29)22-10-11-26-28(22)2)9-8-17-12-18(14-25-23(15)17)20-13-19(20)16-6-4-3-5-7-16/h3-12,14,19-20H,13H2,1-2H3,(H,27,29). The number of hydrogen-bond acceptors (Lipinski definition) is 3. The first-order valence-corrected chi connectivity index (χ1v) is 9.85. The molecule has 0 aliphatic heterocycles. The Labute approximate surface area is 169 Å². The summed E-state index contributed by atoms with van der Waals surface area (Å²) >= 11 is 0. The molecule has 0 saturated heterocycles. The van der Waals surface area contributed by atoms with Gasteiger partial charge in [0.05, 0.1) is 5.52 Å². The number of carbonyl (C=O) groups excluding carboxylic acids is 1. The van der Waals surface area contributed by atoms with E-state index < -0.39 is 0 Å². The number of pyridine rings is 1. The van der Waals surface area contributed by atoms with Crippen LogP contribution in [0.15, 0.2) is 67.0 Å². The predicted molar refractivity (Wildman–Crippen MR) is 114 cm³/mol. The summed E-state index contributed by atoms with van der Waals surface area (Å²) < 4.78 is 1.56. The molecule has 4 aromatic rings. The third-order valence-corrected chi connectivity index (χ3v) is 5.88. The van der Waals surface area contributed by atoms with Gasteiger partial charge in [-0.15, -0.1) is 0 Å². The van der Waals surface area contributed by atoms with Gasteiger partial charge >= 0.3 is 0 Å². The fourth-order valence-corrected chi connectivity index (χ4v) is 4.12. The molecule has 144 valence electrons.